The third kappa shape index (κ3) is 4.20. The number of piperazine rings is 1. The van der Waals surface area contributed by atoms with Crippen molar-refractivity contribution in [3.05, 3.63) is 47.6 Å². The van der Waals surface area contributed by atoms with Crippen molar-refractivity contribution in [3.8, 4) is 0 Å². The van der Waals surface area contributed by atoms with Gasteiger partial charge in [0, 0.05) is 45.5 Å². The number of anilines is 2. The Morgan fingerprint density at radius 1 is 1.00 bits per heavy atom. The van der Waals surface area contributed by atoms with Gasteiger partial charge in [0.1, 0.15) is 10.7 Å². The summed E-state index contributed by atoms with van der Waals surface area (Å²) in [5.74, 6) is 0.798. The second kappa shape index (κ2) is 8.46. The van der Waals surface area contributed by atoms with Gasteiger partial charge in [0.2, 0.25) is 10.0 Å². The van der Waals surface area contributed by atoms with E-state index >= 15 is 0 Å². The first-order valence-corrected chi connectivity index (χ1v) is 11.0. The number of hydrogen-bond acceptors (Lipinski definition) is 5. The molecule has 0 atom stereocenters. The number of hydrogen-bond donors (Lipinski definition) is 0. The van der Waals surface area contributed by atoms with E-state index in [1.165, 1.54) is 10.5 Å². The number of benzene rings is 1. The molecule has 1 aliphatic rings. The summed E-state index contributed by atoms with van der Waals surface area (Å²) in [7, 11) is -3.47. The standard InChI is InChI=1S/C19H25ClN4O2S/c1-3-24(4-2)27(25,26)16-9-10-19(21-15-16)23-13-11-22(12-14-23)18-8-6-5-7-17(18)20/h5-10,15H,3-4,11-14H2,1-2H3. The van der Waals surface area contributed by atoms with E-state index in [4.69, 9.17) is 11.6 Å². The molecule has 2 aromatic rings. The monoisotopic (exact) mass is 408 g/mol. The zero-order valence-corrected chi connectivity index (χ0v) is 17.2. The highest BCUT2D eigenvalue weighted by molar-refractivity contribution is 7.89. The van der Waals surface area contributed by atoms with Gasteiger partial charge in [-0.3, -0.25) is 0 Å². The van der Waals surface area contributed by atoms with Crippen LogP contribution in [-0.4, -0.2) is 57.0 Å². The Hall–Kier alpha value is -1.83. The third-order valence-corrected chi connectivity index (χ3v) is 7.21. The van der Waals surface area contributed by atoms with Crippen LogP contribution < -0.4 is 9.80 Å². The molecule has 0 saturated carbocycles. The van der Waals surface area contributed by atoms with Crippen LogP contribution in [0.25, 0.3) is 0 Å². The zero-order valence-electron chi connectivity index (χ0n) is 15.7. The molecule has 146 valence electrons. The van der Waals surface area contributed by atoms with Crippen LogP contribution >= 0.6 is 11.6 Å². The van der Waals surface area contributed by atoms with Gasteiger partial charge in [0.25, 0.3) is 0 Å². The van der Waals surface area contributed by atoms with Gasteiger partial charge in [-0.15, -0.1) is 0 Å². The van der Waals surface area contributed by atoms with Gasteiger partial charge >= 0.3 is 0 Å². The maximum absolute atomic E-state index is 12.6. The van der Waals surface area contributed by atoms with Gasteiger partial charge < -0.3 is 9.80 Å². The number of nitrogens with zero attached hydrogens (tertiary/aromatic N) is 4. The molecule has 27 heavy (non-hydrogen) atoms. The molecule has 0 amide bonds. The summed E-state index contributed by atoms with van der Waals surface area (Å²) in [5.41, 5.74) is 1.05. The van der Waals surface area contributed by atoms with Crippen molar-refractivity contribution >= 4 is 33.1 Å². The first-order chi connectivity index (χ1) is 13.0. The predicted octanol–water partition coefficient (Wildman–Crippen LogP) is 3.09. The summed E-state index contributed by atoms with van der Waals surface area (Å²) in [6.45, 7) is 7.86. The van der Waals surface area contributed by atoms with Crippen LogP contribution in [0.2, 0.25) is 5.02 Å². The Morgan fingerprint density at radius 2 is 1.63 bits per heavy atom. The fourth-order valence-electron chi connectivity index (χ4n) is 3.31. The summed E-state index contributed by atoms with van der Waals surface area (Å²) < 4.78 is 26.6. The first kappa shape index (κ1) is 19.9. The van der Waals surface area contributed by atoms with E-state index in [1.54, 1.807) is 12.1 Å². The Labute approximate surface area is 166 Å². The highest BCUT2D eigenvalue weighted by Gasteiger charge is 2.23. The van der Waals surface area contributed by atoms with Gasteiger partial charge in [0.15, 0.2) is 0 Å². The summed E-state index contributed by atoms with van der Waals surface area (Å²) >= 11 is 6.29. The molecule has 0 N–H and O–H groups in total. The highest BCUT2D eigenvalue weighted by atomic mass is 35.5. The van der Waals surface area contributed by atoms with Gasteiger partial charge in [-0.2, -0.15) is 4.31 Å². The van der Waals surface area contributed by atoms with E-state index in [9.17, 15) is 8.42 Å². The quantitative estimate of drug-likeness (QED) is 0.735. The molecule has 2 heterocycles. The molecule has 1 aromatic carbocycles. The lowest BCUT2D eigenvalue weighted by atomic mass is 10.2. The van der Waals surface area contributed by atoms with Crippen LogP contribution in [0.5, 0.6) is 0 Å². The van der Waals surface area contributed by atoms with E-state index < -0.39 is 10.0 Å². The number of para-hydroxylation sites is 1. The van der Waals surface area contributed by atoms with Crippen molar-refractivity contribution < 1.29 is 8.42 Å². The Morgan fingerprint density at radius 3 is 2.19 bits per heavy atom. The molecule has 0 bridgehead atoms. The SMILES string of the molecule is CCN(CC)S(=O)(=O)c1ccc(N2CCN(c3ccccc3Cl)CC2)nc1. The summed E-state index contributed by atoms with van der Waals surface area (Å²) in [4.78, 5) is 9.08. The lowest BCUT2D eigenvalue weighted by Gasteiger charge is -2.37. The molecular formula is C19H25ClN4O2S. The smallest absolute Gasteiger partial charge is 0.244 e. The molecular weight excluding hydrogens is 384 g/mol. The normalized spacial score (nSPS) is 15.4. The molecule has 1 aromatic heterocycles. The Bertz CT molecular complexity index is 862. The highest BCUT2D eigenvalue weighted by Crippen LogP contribution is 2.27. The van der Waals surface area contributed by atoms with E-state index in [-0.39, 0.29) is 4.90 Å². The molecule has 1 aliphatic heterocycles. The third-order valence-electron chi connectivity index (χ3n) is 4.86. The van der Waals surface area contributed by atoms with Gasteiger partial charge in [-0.1, -0.05) is 37.6 Å². The van der Waals surface area contributed by atoms with Crippen LogP contribution in [0.3, 0.4) is 0 Å². The fraction of sp³-hybridized carbons (Fsp3) is 0.421. The predicted molar refractivity (Wildman–Crippen MR) is 110 cm³/mol. The minimum Gasteiger partial charge on any atom is -0.367 e. The van der Waals surface area contributed by atoms with Crippen LogP contribution in [0, 0.1) is 0 Å². The van der Waals surface area contributed by atoms with Crippen molar-refractivity contribution in [3.63, 3.8) is 0 Å². The van der Waals surface area contributed by atoms with Gasteiger partial charge in [-0.05, 0) is 24.3 Å². The van der Waals surface area contributed by atoms with E-state index in [1.807, 2.05) is 38.1 Å². The second-order valence-electron chi connectivity index (χ2n) is 6.37. The average Bonchev–Trinajstić information content (AvgIpc) is 2.69. The molecule has 1 saturated heterocycles. The number of aromatic nitrogens is 1. The molecule has 8 heteroatoms. The van der Waals surface area contributed by atoms with E-state index in [0.717, 1.165) is 42.7 Å². The first-order valence-electron chi connectivity index (χ1n) is 9.18. The van der Waals surface area contributed by atoms with Crippen molar-refractivity contribution in [2.75, 3.05) is 49.1 Å². The Kier molecular flexibility index (Phi) is 6.24. The van der Waals surface area contributed by atoms with Gasteiger partial charge in [0.05, 0.1) is 10.7 Å². The van der Waals surface area contributed by atoms with Gasteiger partial charge in [-0.25, -0.2) is 13.4 Å². The summed E-state index contributed by atoms with van der Waals surface area (Å²) in [6, 6.07) is 11.3. The number of halogens is 1. The molecule has 0 radical (unpaired) electrons. The fourth-order valence-corrected chi connectivity index (χ4v) is 4.97. The number of sulfonamides is 1. The van der Waals surface area contributed by atoms with Crippen molar-refractivity contribution in [1.29, 1.82) is 0 Å². The van der Waals surface area contributed by atoms with E-state index in [0.29, 0.717) is 13.1 Å². The lowest BCUT2D eigenvalue weighted by molar-refractivity contribution is 0.445. The van der Waals surface area contributed by atoms with Crippen LogP contribution in [0.4, 0.5) is 11.5 Å². The van der Waals surface area contributed by atoms with Crippen molar-refractivity contribution in [2.45, 2.75) is 18.7 Å². The summed E-state index contributed by atoms with van der Waals surface area (Å²) in [6.07, 6.45) is 1.46. The minimum atomic E-state index is -3.47. The van der Waals surface area contributed by atoms with E-state index in [2.05, 4.69) is 14.8 Å². The average molecular weight is 409 g/mol. The van der Waals surface area contributed by atoms with Crippen molar-refractivity contribution in [1.82, 2.24) is 9.29 Å². The molecule has 0 spiro atoms. The van der Waals surface area contributed by atoms with Crippen molar-refractivity contribution in [2.24, 2.45) is 0 Å². The maximum Gasteiger partial charge on any atom is 0.244 e. The topological polar surface area (TPSA) is 56.8 Å². The molecule has 0 unspecified atom stereocenters. The van der Waals surface area contributed by atoms with Crippen LogP contribution in [0.1, 0.15) is 13.8 Å². The molecule has 6 nitrogen and oxygen atoms in total. The second-order valence-corrected chi connectivity index (χ2v) is 8.71. The number of pyridine rings is 1. The molecule has 1 fully saturated rings. The molecule has 0 aliphatic carbocycles. The lowest BCUT2D eigenvalue weighted by Crippen LogP contribution is -2.47. The van der Waals surface area contributed by atoms with Crippen LogP contribution in [0.15, 0.2) is 47.5 Å². The molecule has 3 rings (SSSR count). The summed E-state index contributed by atoms with van der Waals surface area (Å²) in [5, 5.41) is 0.759. The minimum absolute atomic E-state index is 0.240. The zero-order chi connectivity index (χ0) is 19.4. The maximum atomic E-state index is 12.6. The Balaban J connectivity index is 1.68. The number of rotatable bonds is 6. The van der Waals surface area contributed by atoms with Crippen LogP contribution in [-0.2, 0) is 10.0 Å². The largest absolute Gasteiger partial charge is 0.367 e.